The summed E-state index contributed by atoms with van der Waals surface area (Å²) in [6, 6.07) is 4.53. The number of nitro benzene ring substituents is 1. The Morgan fingerprint density at radius 1 is 1.62 bits per heavy atom. The fourth-order valence-corrected chi connectivity index (χ4v) is 1.40. The van der Waals surface area contributed by atoms with Crippen molar-refractivity contribution in [1.82, 2.24) is 0 Å². The minimum Gasteiger partial charge on any atom is -0.258 e. The molecular weight excluding hydrogens is 257 g/mol. The molecular formula is C8H5BrClNO2. The van der Waals surface area contributed by atoms with Crippen LogP contribution < -0.4 is 0 Å². The van der Waals surface area contributed by atoms with Gasteiger partial charge >= 0.3 is 0 Å². The van der Waals surface area contributed by atoms with Crippen LogP contribution in [-0.4, -0.2) is 4.92 Å². The molecule has 0 N–H and O–H groups in total. The van der Waals surface area contributed by atoms with Crippen LogP contribution >= 0.6 is 27.5 Å². The third kappa shape index (κ3) is 2.29. The van der Waals surface area contributed by atoms with Crippen LogP contribution in [0.5, 0.6) is 0 Å². The van der Waals surface area contributed by atoms with Crippen LogP contribution in [0.2, 0.25) is 0 Å². The Morgan fingerprint density at radius 2 is 2.23 bits per heavy atom. The monoisotopic (exact) mass is 261 g/mol. The molecule has 0 bridgehead atoms. The van der Waals surface area contributed by atoms with E-state index in [1.165, 1.54) is 6.07 Å². The van der Waals surface area contributed by atoms with E-state index in [1.807, 2.05) is 0 Å². The van der Waals surface area contributed by atoms with Gasteiger partial charge in [0.15, 0.2) is 0 Å². The largest absolute Gasteiger partial charge is 0.278 e. The smallest absolute Gasteiger partial charge is 0.258 e. The van der Waals surface area contributed by atoms with Gasteiger partial charge in [-0.25, -0.2) is 0 Å². The number of benzene rings is 1. The maximum absolute atomic E-state index is 10.5. The van der Waals surface area contributed by atoms with Crippen molar-refractivity contribution in [1.29, 1.82) is 0 Å². The third-order valence-electron chi connectivity index (χ3n) is 1.45. The van der Waals surface area contributed by atoms with Crippen LogP contribution in [0, 0.1) is 10.1 Å². The predicted molar refractivity (Wildman–Crippen MR) is 55.7 cm³/mol. The molecule has 3 nitrogen and oxygen atoms in total. The molecule has 0 unspecified atom stereocenters. The number of nitro groups is 1. The van der Waals surface area contributed by atoms with Gasteiger partial charge < -0.3 is 0 Å². The molecule has 0 aliphatic carbocycles. The van der Waals surface area contributed by atoms with Crippen molar-refractivity contribution in [3.8, 4) is 0 Å². The second-order valence-corrected chi connectivity index (χ2v) is 3.70. The van der Waals surface area contributed by atoms with Gasteiger partial charge in [0.2, 0.25) is 0 Å². The van der Waals surface area contributed by atoms with Crippen molar-refractivity contribution in [3.05, 3.63) is 44.9 Å². The Labute approximate surface area is 88.3 Å². The molecule has 0 saturated carbocycles. The number of nitrogens with zero attached hydrogens (tertiary/aromatic N) is 1. The van der Waals surface area contributed by atoms with Crippen LogP contribution in [0.1, 0.15) is 5.56 Å². The molecule has 68 valence electrons. The van der Waals surface area contributed by atoms with E-state index >= 15 is 0 Å². The molecule has 0 aromatic heterocycles. The number of hydrogen-bond donors (Lipinski definition) is 0. The summed E-state index contributed by atoms with van der Waals surface area (Å²) in [6.45, 7) is 3.45. The van der Waals surface area contributed by atoms with Crippen LogP contribution in [-0.2, 0) is 0 Å². The molecule has 0 spiro atoms. The van der Waals surface area contributed by atoms with Crippen molar-refractivity contribution >= 4 is 38.3 Å². The zero-order chi connectivity index (χ0) is 10.0. The highest BCUT2D eigenvalue weighted by Gasteiger charge is 2.14. The zero-order valence-electron chi connectivity index (χ0n) is 6.46. The Morgan fingerprint density at radius 3 is 2.69 bits per heavy atom. The zero-order valence-corrected chi connectivity index (χ0v) is 8.80. The van der Waals surface area contributed by atoms with Gasteiger partial charge in [0.05, 0.1) is 10.5 Å². The topological polar surface area (TPSA) is 43.1 Å². The molecule has 0 atom stereocenters. The van der Waals surface area contributed by atoms with Crippen LogP contribution in [0.4, 0.5) is 5.69 Å². The molecule has 0 saturated heterocycles. The van der Waals surface area contributed by atoms with Gasteiger partial charge in [-0.05, 0) is 12.1 Å². The fraction of sp³-hybridized carbons (Fsp3) is 0. The molecule has 5 heteroatoms. The van der Waals surface area contributed by atoms with Crippen molar-refractivity contribution in [2.75, 3.05) is 0 Å². The highest BCUT2D eigenvalue weighted by Crippen LogP contribution is 2.29. The summed E-state index contributed by atoms with van der Waals surface area (Å²) in [5.41, 5.74) is 0.296. The molecule has 0 aliphatic heterocycles. The minimum absolute atomic E-state index is 0.0387. The molecule has 0 amide bonds. The maximum Gasteiger partial charge on any atom is 0.278 e. The lowest BCUT2D eigenvalue weighted by Crippen LogP contribution is -1.92. The second-order valence-electron chi connectivity index (χ2n) is 2.32. The second kappa shape index (κ2) is 3.89. The van der Waals surface area contributed by atoms with Gasteiger partial charge in [-0.2, -0.15) is 0 Å². The van der Waals surface area contributed by atoms with Crippen LogP contribution in [0.25, 0.3) is 5.03 Å². The summed E-state index contributed by atoms with van der Waals surface area (Å²) in [5, 5.41) is 10.7. The van der Waals surface area contributed by atoms with Gasteiger partial charge in [-0.15, -0.1) is 0 Å². The average molecular weight is 262 g/mol. The molecule has 0 radical (unpaired) electrons. The lowest BCUT2D eigenvalue weighted by Gasteiger charge is -2.00. The van der Waals surface area contributed by atoms with Crippen molar-refractivity contribution < 1.29 is 4.92 Å². The van der Waals surface area contributed by atoms with E-state index in [2.05, 4.69) is 22.5 Å². The first-order chi connectivity index (χ1) is 6.02. The summed E-state index contributed by atoms with van der Waals surface area (Å²) in [6.07, 6.45) is 0. The highest BCUT2D eigenvalue weighted by molar-refractivity contribution is 9.10. The number of rotatable bonds is 2. The molecule has 1 aromatic rings. The normalized spacial score (nSPS) is 9.69. The number of halogens is 2. The van der Waals surface area contributed by atoms with E-state index < -0.39 is 4.92 Å². The summed E-state index contributed by atoms with van der Waals surface area (Å²) >= 11 is 8.80. The van der Waals surface area contributed by atoms with E-state index in [-0.39, 0.29) is 10.7 Å². The Balaban J connectivity index is 3.35. The molecule has 0 heterocycles. The Hall–Kier alpha value is -0.870. The SMILES string of the molecule is C=C(Cl)c1cc(Br)ccc1[N+](=O)[O-]. The standard InChI is InChI=1S/C8H5BrClNO2/c1-5(10)7-4-6(9)2-3-8(7)11(12)13/h2-4H,1H2. The first-order valence-electron chi connectivity index (χ1n) is 3.31. The Bertz CT molecular complexity index is 378. The summed E-state index contributed by atoms with van der Waals surface area (Å²) in [5.74, 6) is 0. The first-order valence-corrected chi connectivity index (χ1v) is 4.48. The van der Waals surface area contributed by atoms with E-state index in [4.69, 9.17) is 11.6 Å². The first kappa shape index (κ1) is 10.2. The molecule has 13 heavy (non-hydrogen) atoms. The molecule has 0 aliphatic rings. The fourth-order valence-electron chi connectivity index (χ4n) is 0.885. The maximum atomic E-state index is 10.5. The summed E-state index contributed by atoms with van der Waals surface area (Å²) < 4.78 is 0.731. The average Bonchev–Trinajstić information content (AvgIpc) is 2.03. The van der Waals surface area contributed by atoms with Crippen molar-refractivity contribution in [3.63, 3.8) is 0 Å². The van der Waals surface area contributed by atoms with Gasteiger partial charge in [-0.1, -0.05) is 34.1 Å². The highest BCUT2D eigenvalue weighted by atomic mass is 79.9. The van der Waals surface area contributed by atoms with Gasteiger partial charge in [0, 0.05) is 15.6 Å². The van der Waals surface area contributed by atoms with Gasteiger partial charge in [0.25, 0.3) is 5.69 Å². The van der Waals surface area contributed by atoms with Gasteiger partial charge in [-0.3, -0.25) is 10.1 Å². The Kier molecular flexibility index (Phi) is 3.06. The summed E-state index contributed by atoms with van der Waals surface area (Å²) in [7, 11) is 0. The third-order valence-corrected chi connectivity index (χ3v) is 2.14. The van der Waals surface area contributed by atoms with Crippen molar-refractivity contribution in [2.24, 2.45) is 0 Å². The van der Waals surface area contributed by atoms with Gasteiger partial charge in [0.1, 0.15) is 0 Å². The van der Waals surface area contributed by atoms with Crippen molar-refractivity contribution in [2.45, 2.75) is 0 Å². The number of hydrogen-bond acceptors (Lipinski definition) is 2. The summed E-state index contributed by atoms with van der Waals surface area (Å²) in [4.78, 5) is 10.0. The van der Waals surface area contributed by atoms with E-state index in [0.29, 0.717) is 5.56 Å². The van der Waals surface area contributed by atoms with Crippen LogP contribution in [0.3, 0.4) is 0 Å². The van der Waals surface area contributed by atoms with E-state index in [0.717, 1.165) is 4.47 Å². The minimum atomic E-state index is -0.491. The lowest BCUT2D eigenvalue weighted by atomic mass is 10.2. The van der Waals surface area contributed by atoms with E-state index in [1.54, 1.807) is 12.1 Å². The molecule has 1 aromatic carbocycles. The lowest BCUT2D eigenvalue weighted by molar-refractivity contribution is -0.385. The predicted octanol–water partition coefficient (Wildman–Crippen LogP) is 3.57. The molecule has 0 fully saturated rings. The van der Waals surface area contributed by atoms with E-state index in [9.17, 15) is 10.1 Å². The molecule has 1 rings (SSSR count). The quantitative estimate of drug-likeness (QED) is 0.604. The van der Waals surface area contributed by atoms with Crippen LogP contribution in [0.15, 0.2) is 29.3 Å².